The van der Waals surface area contributed by atoms with E-state index in [0.29, 0.717) is 17.7 Å². The summed E-state index contributed by atoms with van der Waals surface area (Å²) < 4.78 is 9.83. The lowest BCUT2D eigenvalue weighted by atomic mass is 9.73. The summed E-state index contributed by atoms with van der Waals surface area (Å²) in [7, 11) is 1.87. The summed E-state index contributed by atoms with van der Waals surface area (Å²) >= 11 is 0. The minimum atomic E-state index is -0.00182. The Hall–Kier alpha value is -3.16. The highest BCUT2D eigenvalue weighted by Crippen LogP contribution is 2.43. The topological polar surface area (TPSA) is 77.6 Å². The van der Waals surface area contributed by atoms with Gasteiger partial charge in [0.1, 0.15) is 11.6 Å². The monoisotopic (exact) mass is 364 g/mol. The number of hydrogen-bond acceptors (Lipinski definition) is 5. The molecule has 3 aromatic rings. The molecular formula is C19H20N6O2. The molecular weight excluding hydrogens is 344 g/mol. The van der Waals surface area contributed by atoms with Gasteiger partial charge in [-0.1, -0.05) is 6.58 Å². The van der Waals surface area contributed by atoms with Gasteiger partial charge in [0.2, 0.25) is 11.8 Å². The average Bonchev–Trinajstić information content (AvgIpc) is 3.37. The highest BCUT2D eigenvalue weighted by atomic mass is 16.5. The van der Waals surface area contributed by atoms with Gasteiger partial charge in [-0.15, -0.1) is 0 Å². The standard InChI is InChI=1S/C19H20N6O2/c1-3-18(26)24-9-12-6-17(14(12)10-24)27-19-16-4-5-20-25(16)11-15(22-19)13-7-21-23(2)8-13/h3-5,7-8,11-12,14,17H,1,6,9-10H2,2H3/t12-,14+,17+/m0/s1. The number of hydrogen-bond donors (Lipinski definition) is 0. The number of carbonyl (C=O) groups excluding carboxylic acids is 1. The third-order valence-electron chi connectivity index (χ3n) is 5.61. The zero-order valence-electron chi connectivity index (χ0n) is 15.0. The van der Waals surface area contributed by atoms with Gasteiger partial charge in [-0.05, 0) is 24.5 Å². The number of likely N-dealkylation sites (tertiary alicyclic amines) is 1. The molecule has 4 heterocycles. The van der Waals surface area contributed by atoms with Crippen molar-refractivity contribution in [3.8, 4) is 17.1 Å². The van der Waals surface area contributed by atoms with Gasteiger partial charge in [-0.2, -0.15) is 10.2 Å². The van der Waals surface area contributed by atoms with Crippen molar-refractivity contribution in [2.24, 2.45) is 18.9 Å². The third kappa shape index (κ3) is 2.59. The first-order valence-corrected chi connectivity index (χ1v) is 9.04. The number of ether oxygens (including phenoxy) is 1. The highest BCUT2D eigenvalue weighted by molar-refractivity contribution is 5.87. The van der Waals surface area contributed by atoms with E-state index in [4.69, 9.17) is 9.72 Å². The van der Waals surface area contributed by atoms with E-state index in [-0.39, 0.29) is 12.0 Å². The molecule has 138 valence electrons. The average molecular weight is 364 g/mol. The number of rotatable bonds is 4. The van der Waals surface area contributed by atoms with Crippen molar-refractivity contribution in [1.82, 2.24) is 29.3 Å². The Morgan fingerprint density at radius 1 is 1.33 bits per heavy atom. The van der Waals surface area contributed by atoms with Crippen molar-refractivity contribution >= 4 is 11.4 Å². The van der Waals surface area contributed by atoms with E-state index in [9.17, 15) is 4.79 Å². The smallest absolute Gasteiger partial charge is 0.245 e. The van der Waals surface area contributed by atoms with Crippen LogP contribution in [0, 0.1) is 11.8 Å². The van der Waals surface area contributed by atoms with Crippen LogP contribution < -0.4 is 4.74 Å². The number of aryl methyl sites for hydroxylation is 1. The second kappa shape index (κ2) is 5.94. The Morgan fingerprint density at radius 3 is 3.00 bits per heavy atom. The van der Waals surface area contributed by atoms with Gasteiger partial charge in [0, 0.05) is 37.8 Å². The van der Waals surface area contributed by atoms with Crippen molar-refractivity contribution in [3.63, 3.8) is 0 Å². The molecule has 0 unspecified atom stereocenters. The Balaban J connectivity index is 1.42. The molecule has 1 aliphatic heterocycles. The van der Waals surface area contributed by atoms with E-state index in [1.165, 1.54) is 6.08 Å². The van der Waals surface area contributed by atoms with Gasteiger partial charge in [-0.3, -0.25) is 9.48 Å². The quantitative estimate of drug-likeness (QED) is 0.657. The van der Waals surface area contributed by atoms with Gasteiger partial charge in [0.25, 0.3) is 0 Å². The van der Waals surface area contributed by atoms with Crippen molar-refractivity contribution in [3.05, 3.63) is 43.5 Å². The van der Waals surface area contributed by atoms with Crippen LogP contribution in [0.25, 0.3) is 16.8 Å². The fourth-order valence-electron chi connectivity index (χ4n) is 4.11. The molecule has 1 aliphatic carbocycles. The van der Waals surface area contributed by atoms with Crippen molar-refractivity contribution in [2.75, 3.05) is 13.1 Å². The summed E-state index contributed by atoms with van der Waals surface area (Å²) in [6.07, 6.45) is 9.68. The minimum absolute atomic E-state index is 0.00182. The van der Waals surface area contributed by atoms with Crippen LogP contribution in [0.15, 0.2) is 43.5 Å². The summed E-state index contributed by atoms with van der Waals surface area (Å²) in [4.78, 5) is 18.5. The molecule has 0 spiro atoms. The first-order valence-electron chi connectivity index (χ1n) is 9.04. The summed E-state index contributed by atoms with van der Waals surface area (Å²) in [5, 5.41) is 8.56. The van der Waals surface area contributed by atoms with Gasteiger partial charge in [0.05, 0.1) is 24.3 Å². The Kier molecular flexibility index (Phi) is 3.53. The SMILES string of the molecule is C=CC(=O)N1C[C@@H]2C[C@@H](Oc3nc(-c4cnn(C)c4)cn4nccc34)[C@@H]2C1. The fraction of sp³-hybridized carbons (Fsp3) is 0.368. The Morgan fingerprint density at radius 2 is 2.22 bits per heavy atom. The van der Waals surface area contributed by atoms with E-state index in [0.717, 1.165) is 36.3 Å². The molecule has 0 aromatic carbocycles. The van der Waals surface area contributed by atoms with E-state index in [2.05, 4.69) is 16.8 Å². The number of aromatic nitrogens is 5. The van der Waals surface area contributed by atoms with Gasteiger partial charge in [-0.25, -0.2) is 9.50 Å². The van der Waals surface area contributed by atoms with Crippen molar-refractivity contribution in [2.45, 2.75) is 12.5 Å². The van der Waals surface area contributed by atoms with E-state index >= 15 is 0 Å². The van der Waals surface area contributed by atoms with Gasteiger partial charge in [0.15, 0.2) is 0 Å². The van der Waals surface area contributed by atoms with E-state index in [1.807, 2.05) is 30.4 Å². The maximum Gasteiger partial charge on any atom is 0.245 e. The molecule has 5 rings (SSSR count). The van der Waals surface area contributed by atoms with Crippen LogP contribution in [0.5, 0.6) is 5.88 Å². The maximum atomic E-state index is 11.9. The predicted octanol–water partition coefficient (Wildman–Crippen LogP) is 1.54. The van der Waals surface area contributed by atoms with Gasteiger partial charge < -0.3 is 9.64 Å². The molecule has 8 nitrogen and oxygen atoms in total. The zero-order valence-corrected chi connectivity index (χ0v) is 15.0. The van der Waals surface area contributed by atoms with Crippen LogP contribution in [0.1, 0.15) is 6.42 Å². The first kappa shape index (κ1) is 16.0. The molecule has 2 fully saturated rings. The number of amides is 1. The summed E-state index contributed by atoms with van der Waals surface area (Å²) in [5.41, 5.74) is 2.51. The van der Waals surface area contributed by atoms with Crippen LogP contribution in [-0.2, 0) is 11.8 Å². The summed E-state index contributed by atoms with van der Waals surface area (Å²) in [6, 6.07) is 1.90. The first-order chi connectivity index (χ1) is 13.1. The number of nitrogens with zero attached hydrogens (tertiary/aromatic N) is 6. The normalized spacial score (nSPS) is 23.9. The second-order valence-corrected chi connectivity index (χ2v) is 7.26. The Labute approximate surface area is 156 Å². The Bertz CT molecular complexity index is 1040. The lowest BCUT2D eigenvalue weighted by molar-refractivity contribution is -0.125. The second-order valence-electron chi connectivity index (χ2n) is 7.26. The van der Waals surface area contributed by atoms with Crippen LogP contribution in [0.3, 0.4) is 0 Å². The van der Waals surface area contributed by atoms with Gasteiger partial charge >= 0.3 is 0 Å². The van der Waals surface area contributed by atoms with Crippen LogP contribution >= 0.6 is 0 Å². The predicted molar refractivity (Wildman–Crippen MR) is 98.0 cm³/mol. The molecule has 27 heavy (non-hydrogen) atoms. The molecule has 3 aromatic heterocycles. The lowest BCUT2D eigenvalue weighted by Gasteiger charge is -2.38. The third-order valence-corrected chi connectivity index (χ3v) is 5.61. The highest BCUT2D eigenvalue weighted by Gasteiger charge is 2.49. The molecule has 2 aliphatic rings. The number of carbonyl (C=O) groups is 1. The van der Waals surface area contributed by atoms with Crippen LogP contribution in [0.2, 0.25) is 0 Å². The largest absolute Gasteiger partial charge is 0.472 e. The molecule has 3 atom stereocenters. The molecule has 0 radical (unpaired) electrons. The lowest BCUT2D eigenvalue weighted by Crippen LogP contribution is -2.44. The van der Waals surface area contributed by atoms with E-state index < -0.39 is 0 Å². The van der Waals surface area contributed by atoms with Crippen molar-refractivity contribution < 1.29 is 9.53 Å². The summed E-state index contributed by atoms with van der Waals surface area (Å²) in [5.74, 6) is 1.42. The van der Waals surface area contributed by atoms with Crippen LogP contribution in [0.4, 0.5) is 0 Å². The minimum Gasteiger partial charge on any atom is -0.472 e. The molecule has 1 amide bonds. The molecule has 8 heteroatoms. The maximum absolute atomic E-state index is 11.9. The molecule has 0 N–H and O–H groups in total. The van der Waals surface area contributed by atoms with Crippen LogP contribution in [-0.4, -0.2) is 54.4 Å². The summed E-state index contributed by atoms with van der Waals surface area (Å²) in [6.45, 7) is 5.09. The fourth-order valence-corrected chi connectivity index (χ4v) is 4.11. The van der Waals surface area contributed by atoms with Crippen molar-refractivity contribution in [1.29, 1.82) is 0 Å². The molecule has 1 saturated carbocycles. The number of fused-ring (bicyclic) bond motifs is 2. The van der Waals surface area contributed by atoms with E-state index in [1.54, 1.807) is 21.6 Å². The molecule has 1 saturated heterocycles. The molecule has 0 bridgehead atoms. The zero-order chi connectivity index (χ0) is 18.5.